The molecule has 2 atom stereocenters. The van der Waals surface area contributed by atoms with Crippen LogP contribution in [0.5, 0.6) is 28.7 Å². The summed E-state index contributed by atoms with van der Waals surface area (Å²) >= 11 is 0. The number of aryl methyl sites for hydroxylation is 1. The number of aromatic hydroxyl groups is 2. The van der Waals surface area contributed by atoms with Gasteiger partial charge in [-0.1, -0.05) is 103 Å². The first-order valence-electron chi connectivity index (χ1n) is 17.2. The zero-order valence-corrected chi connectivity index (χ0v) is 28.9. The normalized spacial score (nSPS) is 12.1. The van der Waals surface area contributed by atoms with Crippen LogP contribution in [0.4, 0.5) is 0 Å². The highest BCUT2D eigenvalue weighted by Gasteiger charge is 2.21. The van der Waals surface area contributed by atoms with E-state index in [-0.39, 0.29) is 29.1 Å². The van der Waals surface area contributed by atoms with Crippen molar-refractivity contribution >= 4 is 5.78 Å². The van der Waals surface area contributed by atoms with Gasteiger partial charge in [0, 0.05) is 23.0 Å². The molecule has 0 spiro atoms. The van der Waals surface area contributed by atoms with Crippen molar-refractivity contribution in [3.8, 4) is 28.7 Å². The van der Waals surface area contributed by atoms with Gasteiger partial charge in [-0.25, -0.2) is 0 Å². The fourth-order valence-corrected chi connectivity index (χ4v) is 6.58. The molecular weight excluding hydrogens is 645 g/mol. The standard InChI is InChI=1S/C47H38O5/c1-31-3-5-38(6-4-31)47(50)39-19-29-44(30-20-39)52-43-27-17-37(18-28-43)46(35-13-23-41(49)24-14-35)33-9-7-32(8-10-33)45(34-11-21-40(48)22-12-34)36-15-25-42(51-2)26-16-36/h3-30,45-46,48-49H,1-2H3. The topological polar surface area (TPSA) is 76.0 Å². The van der Waals surface area contributed by atoms with Crippen molar-refractivity contribution in [1.82, 2.24) is 0 Å². The molecule has 256 valence electrons. The van der Waals surface area contributed by atoms with Gasteiger partial charge in [-0.3, -0.25) is 4.79 Å². The number of phenolic OH excluding ortho intramolecular Hbond substituents is 2. The Bertz CT molecular complexity index is 2240. The van der Waals surface area contributed by atoms with Crippen molar-refractivity contribution in [2.45, 2.75) is 18.8 Å². The molecule has 0 aliphatic carbocycles. The molecule has 7 rings (SSSR count). The summed E-state index contributed by atoms with van der Waals surface area (Å²) in [6.45, 7) is 2.00. The van der Waals surface area contributed by atoms with Crippen LogP contribution in [0.25, 0.3) is 0 Å². The minimum absolute atomic E-state index is 0.0270. The number of ether oxygens (including phenoxy) is 2. The Morgan fingerprint density at radius 3 is 1.08 bits per heavy atom. The number of carbonyl (C=O) groups is 1. The summed E-state index contributed by atoms with van der Waals surface area (Å²) in [5.74, 6) is 2.35. The van der Waals surface area contributed by atoms with E-state index >= 15 is 0 Å². The molecule has 0 amide bonds. The van der Waals surface area contributed by atoms with Crippen LogP contribution in [-0.4, -0.2) is 23.1 Å². The summed E-state index contributed by atoms with van der Waals surface area (Å²) in [5.41, 5.74) is 8.85. The van der Waals surface area contributed by atoms with Crippen LogP contribution in [-0.2, 0) is 0 Å². The second-order valence-corrected chi connectivity index (χ2v) is 12.9. The van der Waals surface area contributed by atoms with Gasteiger partial charge in [0.2, 0.25) is 0 Å². The van der Waals surface area contributed by atoms with Gasteiger partial charge in [0.25, 0.3) is 0 Å². The Kier molecular flexibility index (Phi) is 9.85. The molecule has 0 aliphatic heterocycles. The largest absolute Gasteiger partial charge is 0.508 e. The number of carbonyl (C=O) groups excluding carboxylic acids is 1. The maximum Gasteiger partial charge on any atom is 0.193 e. The summed E-state index contributed by atoms with van der Waals surface area (Å²) in [7, 11) is 1.66. The lowest BCUT2D eigenvalue weighted by atomic mass is 9.81. The van der Waals surface area contributed by atoms with Crippen molar-refractivity contribution in [2.75, 3.05) is 7.11 Å². The van der Waals surface area contributed by atoms with Crippen molar-refractivity contribution in [3.63, 3.8) is 0 Å². The van der Waals surface area contributed by atoms with Crippen LogP contribution >= 0.6 is 0 Å². The van der Waals surface area contributed by atoms with E-state index < -0.39 is 0 Å². The van der Waals surface area contributed by atoms with Gasteiger partial charge in [0.1, 0.15) is 28.7 Å². The van der Waals surface area contributed by atoms with E-state index in [0.29, 0.717) is 22.6 Å². The Balaban J connectivity index is 1.15. The molecule has 5 heteroatoms. The van der Waals surface area contributed by atoms with Crippen LogP contribution in [0.3, 0.4) is 0 Å². The number of phenols is 2. The van der Waals surface area contributed by atoms with E-state index in [1.807, 2.05) is 91.9 Å². The molecule has 52 heavy (non-hydrogen) atoms. The summed E-state index contributed by atoms with van der Waals surface area (Å²) in [6.07, 6.45) is 0. The van der Waals surface area contributed by atoms with Gasteiger partial charge < -0.3 is 19.7 Å². The van der Waals surface area contributed by atoms with Gasteiger partial charge in [-0.05, 0) is 113 Å². The monoisotopic (exact) mass is 682 g/mol. The Labute approximate surface area is 304 Å². The molecular formula is C47H38O5. The molecule has 0 saturated carbocycles. The molecule has 7 aromatic carbocycles. The maximum atomic E-state index is 12.9. The minimum atomic E-state index is -0.108. The first-order chi connectivity index (χ1) is 25.3. The van der Waals surface area contributed by atoms with Crippen molar-refractivity contribution in [3.05, 3.63) is 220 Å². The number of hydrogen-bond donors (Lipinski definition) is 2. The van der Waals surface area contributed by atoms with Gasteiger partial charge in [-0.15, -0.1) is 0 Å². The van der Waals surface area contributed by atoms with E-state index in [1.165, 1.54) is 0 Å². The van der Waals surface area contributed by atoms with Crippen LogP contribution in [0.2, 0.25) is 0 Å². The quantitative estimate of drug-likeness (QED) is 0.105. The molecule has 0 aromatic heterocycles. The van der Waals surface area contributed by atoms with Gasteiger partial charge in [0.15, 0.2) is 5.78 Å². The third kappa shape index (κ3) is 7.59. The second kappa shape index (κ2) is 15.1. The zero-order chi connectivity index (χ0) is 36.0. The second-order valence-electron chi connectivity index (χ2n) is 12.9. The highest BCUT2D eigenvalue weighted by molar-refractivity contribution is 6.09. The highest BCUT2D eigenvalue weighted by atomic mass is 16.5. The van der Waals surface area contributed by atoms with E-state index in [0.717, 1.165) is 44.7 Å². The summed E-state index contributed by atoms with van der Waals surface area (Å²) < 4.78 is 11.6. The van der Waals surface area contributed by atoms with Crippen molar-refractivity contribution in [2.24, 2.45) is 0 Å². The predicted octanol–water partition coefficient (Wildman–Crippen LogP) is 10.8. The Morgan fingerprint density at radius 1 is 0.423 bits per heavy atom. The van der Waals surface area contributed by atoms with E-state index in [4.69, 9.17) is 9.47 Å². The molecule has 0 aliphatic rings. The molecule has 2 unspecified atom stereocenters. The summed E-state index contributed by atoms with van der Waals surface area (Å²) in [4.78, 5) is 12.9. The number of rotatable bonds is 11. The number of hydrogen-bond acceptors (Lipinski definition) is 5. The molecule has 2 N–H and O–H groups in total. The third-order valence-corrected chi connectivity index (χ3v) is 9.38. The minimum Gasteiger partial charge on any atom is -0.508 e. The van der Waals surface area contributed by atoms with Crippen LogP contribution < -0.4 is 9.47 Å². The van der Waals surface area contributed by atoms with Gasteiger partial charge >= 0.3 is 0 Å². The molecule has 0 fully saturated rings. The maximum absolute atomic E-state index is 12.9. The first-order valence-corrected chi connectivity index (χ1v) is 17.2. The highest BCUT2D eigenvalue weighted by Crippen LogP contribution is 2.38. The average Bonchev–Trinajstić information content (AvgIpc) is 3.18. The molecule has 0 bridgehead atoms. The smallest absolute Gasteiger partial charge is 0.193 e. The fraction of sp³-hybridized carbons (Fsp3) is 0.0851. The molecule has 0 saturated heterocycles. The molecule has 0 heterocycles. The Hall–Kier alpha value is -6.59. The lowest BCUT2D eigenvalue weighted by Gasteiger charge is -2.22. The zero-order valence-electron chi connectivity index (χ0n) is 28.9. The van der Waals surface area contributed by atoms with Crippen LogP contribution in [0.1, 0.15) is 66.7 Å². The molecule has 7 aromatic rings. The van der Waals surface area contributed by atoms with Gasteiger partial charge in [0.05, 0.1) is 7.11 Å². The van der Waals surface area contributed by atoms with E-state index in [1.54, 1.807) is 43.5 Å². The predicted molar refractivity (Wildman–Crippen MR) is 205 cm³/mol. The van der Waals surface area contributed by atoms with E-state index in [2.05, 4.69) is 48.5 Å². The summed E-state index contributed by atoms with van der Waals surface area (Å²) in [6, 6.07) is 54.2. The fourth-order valence-electron chi connectivity index (χ4n) is 6.58. The number of methoxy groups -OCH3 is 1. The van der Waals surface area contributed by atoms with Crippen molar-refractivity contribution < 1.29 is 24.5 Å². The first kappa shape index (κ1) is 33.9. The number of benzene rings is 7. The van der Waals surface area contributed by atoms with Crippen LogP contribution in [0, 0.1) is 6.92 Å². The third-order valence-electron chi connectivity index (χ3n) is 9.38. The molecule has 0 radical (unpaired) electrons. The Morgan fingerprint density at radius 2 is 0.712 bits per heavy atom. The molecule has 5 nitrogen and oxygen atoms in total. The lowest BCUT2D eigenvalue weighted by Crippen LogP contribution is -2.06. The van der Waals surface area contributed by atoms with Crippen molar-refractivity contribution in [1.29, 1.82) is 0 Å². The van der Waals surface area contributed by atoms with Gasteiger partial charge in [-0.2, -0.15) is 0 Å². The SMILES string of the molecule is COc1ccc(C(c2ccc(O)cc2)c2ccc(C(c3ccc(O)cc3)c3ccc(Oc4ccc(C(=O)c5ccc(C)cc5)cc4)cc3)cc2)cc1. The summed E-state index contributed by atoms with van der Waals surface area (Å²) in [5, 5.41) is 20.1. The lowest BCUT2D eigenvalue weighted by molar-refractivity contribution is 0.103. The average molecular weight is 683 g/mol. The van der Waals surface area contributed by atoms with Crippen LogP contribution in [0.15, 0.2) is 170 Å². The number of ketones is 1. The van der Waals surface area contributed by atoms with E-state index in [9.17, 15) is 15.0 Å².